The van der Waals surface area contributed by atoms with Gasteiger partial charge in [0.05, 0.1) is 11.9 Å². The van der Waals surface area contributed by atoms with Crippen molar-refractivity contribution < 1.29 is 9.53 Å². The van der Waals surface area contributed by atoms with Crippen LogP contribution in [0.15, 0.2) is 41.0 Å². The predicted molar refractivity (Wildman–Crippen MR) is 111 cm³/mol. The van der Waals surface area contributed by atoms with Gasteiger partial charge < -0.3 is 15.8 Å². The number of rotatable bonds is 4. The molecule has 1 aromatic carbocycles. The second-order valence-electron chi connectivity index (χ2n) is 7.01. The van der Waals surface area contributed by atoms with E-state index < -0.39 is 11.6 Å². The van der Waals surface area contributed by atoms with Gasteiger partial charge in [-0.15, -0.1) is 0 Å². The molecule has 0 saturated carbocycles. The SMILES string of the molecule is CC(C)(C)OC(=O)c1cnn(-c2nc(C#N)cc(Nc3ccccc3Br)n2)c1N. The van der Waals surface area contributed by atoms with E-state index in [9.17, 15) is 10.1 Å². The lowest BCUT2D eigenvalue weighted by molar-refractivity contribution is 0.00708. The number of halogens is 1. The molecule has 10 heteroatoms. The molecule has 3 rings (SSSR count). The molecular weight excluding hydrogens is 438 g/mol. The van der Waals surface area contributed by atoms with Gasteiger partial charge in [0, 0.05) is 10.5 Å². The van der Waals surface area contributed by atoms with Crippen LogP contribution in [0.1, 0.15) is 36.8 Å². The second-order valence-corrected chi connectivity index (χ2v) is 7.87. The zero-order valence-electron chi connectivity index (χ0n) is 16.0. The Morgan fingerprint density at radius 1 is 1.31 bits per heavy atom. The van der Waals surface area contributed by atoms with Crippen molar-refractivity contribution in [2.75, 3.05) is 11.1 Å². The molecule has 3 aromatic rings. The van der Waals surface area contributed by atoms with E-state index in [0.29, 0.717) is 5.82 Å². The third-order valence-corrected chi connectivity index (χ3v) is 4.27. The Balaban J connectivity index is 1.98. The Morgan fingerprint density at radius 3 is 2.69 bits per heavy atom. The fourth-order valence-electron chi connectivity index (χ4n) is 2.36. The molecule has 0 radical (unpaired) electrons. The van der Waals surface area contributed by atoms with E-state index in [0.717, 1.165) is 10.2 Å². The first-order valence-corrected chi connectivity index (χ1v) is 9.35. The van der Waals surface area contributed by atoms with Gasteiger partial charge in [0.2, 0.25) is 0 Å². The second kappa shape index (κ2) is 7.89. The number of nitrogen functional groups attached to an aromatic ring is 1. The Bertz CT molecular complexity index is 1110. The van der Waals surface area contributed by atoms with E-state index in [1.807, 2.05) is 30.3 Å². The van der Waals surface area contributed by atoms with Crippen LogP contribution in [0.25, 0.3) is 5.95 Å². The number of benzene rings is 1. The van der Waals surface area contributed by atoms with Crippen LogP contribution in [0.5, 0.6) is 0 Å². The largest absolute Gasteiger partial charge is 0.456 e. The number of aromatic nitrogens is 4. The average Bonchev–Trinajstić information content (AvgIpc) is 3.03. The number of nitrogens with one attached hydrogen (secondary N) is 1. The van der Waals surface area contributed by atoms with E-state index in [1.54, 1.807) is 20.8 Å². The van der Waals surface area contributed by atoms with Crippen molar-refractivity contribution >= 4 is 39.2 Å². The number of ether oxygens (including phenoxy) is 1. The number of nitrogens with two attached hydrogens (primary N) is 1. The molecule has 2 heterocycles. The van der Waals surface area contributed by atoms with Crippen molar-refractivity contribution in [1.82, 2.24) is 19.7 Å². The lowest BCUT2D eigenvalue weighted by Crippen LogP contribution is -2.24. The summed E-state index contributed by atoms with van der Waals surface area (Å²) in [6, 6.07) is 10.9. The summed E-state index contributed by atoms with van der Waals surface area (Å²) < 4.78 is 7.34. The van der Waals surface area contributed by atoms with Crippen LogP contribution in [0, 0.1) is 11.3 Å². The van der Waals surface area contributed by atoms with E-state index in [-0.39, 0.29) is 23.0 Å². The van der Waals surface area contributed by atoms with Crippen molar-refractivity contribution in [2.24, 2.45) is 0 Å². The van der Waals surface area contributed by atoms with Gasteiger partial charge in [-0.1, -0.05) is 12.1 Å². The molecule has 29 heavy (non-hydrogen) atoms. The lowest BCUT2D eigenvalue weighted by Gasteiger charge is -2.19. The van der Waals surface area contributed by atoms with Gasteiger partial charge in [0.1, 0.15) is 34.6 Å². The van der Waals surface area contributed by atoms with Crippen molar-refractivity contribution in [2.45, 2.75) is 26.4 Å². The highest BCUT2D eigenvalue weighted by molar-refractivity contribution is 9.10. The van der Waals surface area contributed by atoms with E-state index in [1.165, 1.54) is 16.9 Å². The third-order valence-electron chi connectivity index (χ3n) is 3.58. The van der Waals surface area contributed by atoms with E-state index in [2.05, 4.69) is 36.3 Å². The van der Waals surface area contributed by atoms with Crippen molar-refractivity contribution in [3.63, 3.8) is 0 Å². The number of para-hydroxylation sites is 1. The molecule has 0 amide bonds. The number of carbonyl (C=O) groups is 1. The van der Waals surface area contributed by atoms with Gasteiger partial charge in [-0.2, -0.15) is 25.0 Å². The molecule has 2 aromatic heterocycles. The number of nitriles is 1. The molecule has 0 aliphatic heterocycles. The third kappa shape index (κ3) is 4.70. The first-order valence-electron chi connectivity index (χ1n) is 8.56. The maximum Gasteiger partial charge on any atom is 0.344 e. The fraction of sp³-hybridized carbons (Fsp3) is 0.211. The summed E-state index contributed by atoms with van der Waals surface area (Å²) in [6.45, 7) is 5.26. The van der Waals surface area contributed by atoms with E-state index in [4.69, 9.17) is 10.5 Å². The normalized spacial score (nSPS) is 11.0. The van der Waals surface area contributed by atoms with Crippen LogP contribution >= 0.6 is 15.9 Å². The molecule has 148 valence electrons. The maximum atomic E-state index is 12.3. The lowest BCUT2D eigenvalue weighted by atomic mass is 10.2. The van der Waals surface area contributed by atoms with Crippen molar-refractivity contribution in [3.05, 3.63) is 52.3 Å². The first-order chi connectivity index (χ1) is 13.7. The molecule has 0 bridgehead atoms. The topological polar surface area (TPSA) is 132 Å². The predicted octanol–water partition coefficient (Wildman–Crippen LogP) is 3.58. The van der Waals surface area contributed by atoms with Crippen LogP contribution in [0.2, 0.25) is 0 Å². The van der Waals surface area contributed by atoms with E-state index >= 15 is 0 Å². The zero-order valence-corrected chi connectivity index (χ0v) is 17.6. The molecule has 0 aliphatic rings. The average molecular weight is 456 g/mol. The Morgan fingerprint density at radius 2 is 2.03 bits per heavy atom. The summed E-state index contributed by atoms with van der Waals surface area (Å²) in [5, 5.41) is 16.5. The minimum Gasteiger partial charge on any atom is -0.456 e. The highest BCUT2D eigenvalue weighted by atomic mass is 79.9. The van der Waals surface area contributed by atoms with Crippen molar-refractivity contribution in [3.8, 4) is 12.0 Å². The Labute approximate surface area is 175 Å². The molecule has 0 atom stereocenters. The number of carbonyl (C=O) groups excluding carboxylic acids is 1. The standard InChI is InChI=1S/C19H18BrN7O2/c1-19(2,3)29-17(28)12-10-23-27(16(12)22)18-24-11(9-21)8-15(26-18)25-14-7-5-4-6-13(14)20/h4-8,10H,22H2,1-3H3,(H,24,25,26). The minimum absolute atomic E-state index is 0.0150. The number of hydrogen-bond acceptors (Lipinski definition) is 8. The summed E-state index contributed by atoms with van der Waals surface area (Å²) in [6.07, 6.45) is 1.28. The molecular formula is C19H18BrN7O2. The van der Waals surface area contributed by atoms with Crippen LogP contribution < -0.4 is 11.1 Å². The van der Waals surface area contributed by atoms with Gasteiger partial charge in [-0.05, 0) is 48.8 Å². The zero-order chi connectivity index (χ0) is 21.2. The fourth-order valence-corrected chi connectivity index (χ4v) is 2.74. The minimum atomic E-state index is -0.678. The monoisotopic (exact) mass is 455 g/mol. The van der Waals surface area contributed by atoms with Crippen LogP contribution in [-0.2, 0) is 4.74 Å². The maximum absolute atomic E-state index is 12.3. The Kier molecular flexibility index (Phi) is 5.52. The molecule has 9 nitrogen and oxygen atoms in total. The molecule has 0 aliphatic carbocycles. The highest BCUT2D eigenvalue weighted by Gasteiger charge is 2.24. The quantitative estimate of drug-likeness (QED) is 0.570. The summed E-state index contributed by atoms with van der Waals surface area (Å²) in [5.74, 6) is -0.177. The van der Waals surface area contributed by atoms with Gasteiger partial charge in [-0.25, -0.2) is 4.79 Å². The number of anilines is 3. The van der Waals surface area contributed by atoms with Crippen molar-refractivity contribution in [1.29, 1.82) is 5.26 Å². The van der Waals surface area contributed by atoms with Crippen LogP contribution in [0.4, 0.5) is 17.3 Å². The van der Waals surface area contributed by atoms with Gasteiger partial charge in [0.25, 0.3) is 5.95 Å². The summed E-state index contributed by atoms with van der Waals surface area (Å²) >= 11 is 3.45. The molecule has 0 unspecified atom stereocenters. The Hall–Kier alpha value is -3.45. The van der Waals surface area contributed by atoms with Gasteiger partial charge >= 0.3 is 5.97 Å². The van der Waals surface area contributed by atoms with Gasteiger partial charge in [-0.3, -0.25) is 0 Å². The van der Waals surface area contributed by atoms with Gasteiger partial charge in [0.15, 0.2) is 0 Å². The summed E-state index contributed by atoms with van der Waals surface area (Å²) in [7, 11) is 0. The molecule has 0 fully saturated rings. The number of hydrogen-bond donors (Lipinski definition) is 2. The summed E-state index contributed by atoms with van der Waals surface area (Å²) in [4.78, 5) is 20.8. The number of esters is 1. The molecule has 0 spiro atoms. The number of nitrogens with zero attached hydrogens (tertiary/aromatic N) is 5. The molecule has 3 N–H and O–H groups in total. The molecule has 0 saturated heterocycles. The van der Waals surface area contributed by atoms with Crippen LogP contribution in [-0.4, -0.2) is 31.3 Å². The summed E-state index contributed by atoms with van der Waals surface area (Å²) in [5.41, 5.74) is 6.36. The van der Waals surface area contributed by atoms with Crippen LogP contribution in [0.3, 0.4) is 0 Å². The first kappa shape index (κ1) is 20.3. The smallest absolute Gasteiger partial charge is 0.344 e. The highest BCUT2D eigenvalue weighted by Crippen LogP contribution is 2.26.